The van der Waals surface area contributed by atoms with Crippen LogP contribution in [0.5, 0.6) is 0 Å². The summed E-state index contributed by atoms with van der Waals surface area (Å²) in [7, 11) is 0. The molecule has 1 amide bonds. The van der Waals surface area contributed by atoms with Gasteiger partial charge in [0, 0.05) is 11.9 Å². The van der Waals surface area contributed by atoms with Crippen LogP contribution in [0.25, 0.3) is 5.82 Å². The van der Waals surface area contributed by atoms with Crippen LogP contribution in [0.3, 0.4) is 0 Å². The summed E-state index contributed by atoms with van der Waals surface area (Å²) in [5, 5.41) is 6.78. The highest BCUT2D eigenvalue weighted by atomic mass is 19.4. The molecule has 3 rings (SSSR count). The molecular formula is C17H13F3N4O. The molecule has 0 saturated heterocycles. The van der Waals surface area contributed by atoms with Gasteiger partial charge in [0.15, 0.2) is 5.82 Å². The third kappa shape index (κ3) is 3.52. The van der Waals surface area contributed by atoms with Gasteiger partial charge in [-0.3, -0.25) is 4.79 Å². The fraction of sp³-hybridized carbons (Fsp3) is 0.118. The Labute approximate surface area is 141 Å². The number of carbonyl (C=O) groups is 1. The number of carbonyl (C=O) groups excluding carboxylic acids is 1. The molecule has 0 unspecified atom stereocenters. The molecule has 0 bridgehead atoms. The van der Waals surface area contributed by atoms with E-state index in [2.05, 4.69) is 15.4 Å². The molecule has 0 fully saturated rings. The molecule has 25 heavy (non-hydrogen) atoms. The van der Waals surface area contributed by atoms with Gasteiger partial charge in [-0.25, -0.2) is 9.67 Å². The van der Waals surface area contributed by atoms with E-state index in [1.54, 1.807) is 31.2 Å². The number of aromatic nitrogens is 3. The van der Waals surface area contributed by atoms with Gasteiger partial charge in [0.2, 0.25) is 0 Å². The van der Waals surface area contributed by atoms with Gasteiger partial charge in [-0.05, 0) is 31.2 Å². The predicted octanol–water partition coefficient (Wildman–Crippen LogP) is 3.85. The summed E-state index contributed by atoms with van der Waals surface area (Å²) in [4.78, 5) is 16.1. The van der Waals surface area contributed by atoms with Crippen LogP contribution in [0, 0.1) is 6.92 Å². The van der Waals surface area contributed by atoms with Crippen molar-refractivity contribution in [3.63, 3.8) is 0 Å². The van der Waals surface area contributed by atoms with Crippen LogP contribution in [0.1, 0.15) is 21.6 Å². The summed E-state index contributed by atoms with van der Waals surface area (Å²) >= 11 is 0. The van der Waals surface area contributed by atoms with Crippen molar-refractivity contribution in [2.45, 2.75) is 13.1 Å². The van der Waals surface area contributed by atoms with Gasteiger partial charge in [-0.15, -0.1) is 0 Å². The average molecular weight is 346 g/mol. The van der Waals surface area contributed by atoms with E-state index in [0.717, 1.165) is 12.3 Å². The molecule has 1 aromatic carbocycles. The maximum atomic E-state index is 12.6. The summed E-state index contributed by atoms with van der Waals surface area (Å²) in [5.74, 6) is -0.161. The monoisotopic (exact) mass is 346 g/mol. The lowest BCUT2D eigenvalue weighted by Gasteiger charge is -2.08. The van der Waals surface area contributed by atoms with E-state index >= 15 is 0 Å². The average Bonchev–Trinajstić information content (AvgIpc) is 2.97. The first-order valence-corrected chi connectivity index (χ1v) is 7.31. The van der Waals surface area contributed by atoms with Gasteiger partial charge in [-0.1, -0.05) is 18.2 Å². The first-order chi connectivity index (χ1) is 11.9. The van der Waals surface area contributed by atoms with Gasteiger partial charge < -0.3 is 5.32 Å². The highest BCUT2D eigenvalue weighted by Crippen LogP contribution is 2.28. The first kappa shape index (κ1) is 16.7. The number of anilines is 1. The lowest BCUT2D eigenvalue weighted by Crippen LogP contribution is -2.13. The summed E-state index contributed by atoms with van der Waals surface area (Å²) in [6, 6.07) is 11.0. The first-order valence-electron chi connectivity index (χ1n) is 7.31. The Morgan fingerprint density at radius 2 is 1.80 bits per heavy atom. The van der Waals surface area contributed by atoms with Crippen molar-refractivity contribution in [2.75, 3.05) is 5.32 Å². The number of alkyl halides is 3. The second kappa shape index (κ2) is 6.39. The van der Waals surface area contributed by atoms with E-state index in [1.807, 2.05) is 6.07 Å². The molecule has 1 N–H and O–H groups in total. The highest BCUT2D eigenvalue weighted by molar-refractivity contribution is 6.04. The number of amides is 1. The minimum absolute atomic E-state index is 0.198. The molecule has 2 aromatic heterocycles. The second-order valence-corrected chi connectivity index (χ2v) is 5.28. The van der Waals surface area contributed by atoms with Gasteiger partial charge >= 0.3 is 6.18 Å². The maximum absolute atomic E-state index is 12.6. The molecule has 2 heterocycles. The van der Waals surface area contributed by atoms with Crippen molar-refractivity contribution < 1.29 is 18.0 Å². The zero-order chi connectivity index (χ0) is 18.0. The Kier molecular flexibility index (Phi) is 4.26. The SMILES string of the molecule is Cc1c(C(=O)Nc2ccccc2)cnn1-c1ccc(C(F)(F)F)cn1. The standard InChI is InChI=1S/C17H13F3N4O/c1-11-14(16(25)23-13-5-3-2-4-6-13)10-22-24(11)15-8-7-12(9-21-15)17(18,19)20/h2-10H,1H3,(H,23,25). The quantitative estimate of drug-likeness (QED) is 0.784. The lowest BCUT2D eigenvalue weighted by molar-refractivity contribution is -0.137. The largest absolute Gasteiger partial charge is 0.417 e. The summed E-state index contributed by atoms with van der Waals surface area (Å²) in [6.45, 7) is 1.65. The molecule has 0 aliphatic rings. The van der Waals surface area contributed by atoms with Crippen molar-refractivity contribution in [3.8, 4) is 5.82 Å². The smallest absolute Gasteiger partial charge is 0.322 e. The van der Waals surface area contributed by atoms with E-state index in [0.29, 0.717) is 16.9 Å². The molecule has 0 spiro atoms. The van der Waals surface area contributed by atoms with Crippen LogP contribution in [-0.2, 0) is 6.18 Å². The van der Waals surface area contributed by atoms with Crippen LogP contribution < -0.4 is 5.32 Å². The van der Waals surface area contributed by atoms with Crippen LogP contribution >= 0.6 is 0 Å². The Balaban J connectivity index is 1.85. The zero-order valence-electron chi connectivity index (χ0n) is 13.1. The molecule has 0 aliphatic carbocycles. The Morgan fingerprint density at radius 1 is 1.08 bits per heavy atom. The molecule has 0 aliphatic heterocycles. The van der Waals surface area contributed by atoms with E-state index < -0.39 is 11.7 Å². The van der Waals surface area contributed by atoms with Gasteiger partial charge in [-0.2, -0.15) is 18.3 Å². The topological polar surface area (TPSA) is 59.8 Å². The van der Waals surface area contributed by atoms with Crippen molar-refractivity contribution in [1.29, 1.82) is 0 Å². The predicted molar refractivity (Wildman–Crippen MR) is 85.5 cm³/mol. The van der Waals surface area contributed by atoms with Crippen LogP contribution in [0.4, 0.5) is 18.9 Å². The van der Waals surface area contributed by atoms with E-state index in [4.69, 9.17) is 0 Å². The molecule has 128 valence electrons. The van der Waals surface area contributed by atoms with Gasteiger partial charge in [0.25, 0.3) is 5.91 Å². The number of para-hydroxylation sites is 1. The number of rotatable bonds is 3. The zero-order valence-corrected chi connectivity index (χ0v) is 13.1. The third-order valence-electron chi connectivity index (χ3n) is 3.58. The molecule has 8 heteroatoms. The number of benzene rings is 1. The fourth-order valence-corrected chi connectivity index (χ4v) is 2.26. The number of hydrogen-bond donors (Lipinski definition) is 1. The number of halogens is 3. The fourth-order valence-electron chi connectivity index (χ4n) is 2.26. The minimum atomic E-state index is -4.45. The third-order valence-corrected chi connectivity index (χ3v) is 3.58. The van der Waals surface area contributed by atoms with E-state index in [9.17, 15) is 18.0 Å². The maximum Gasteiger partial charge on any atom is 0.417 e. The van der Waals surface area contributed by atoms with Crippen molar-refractivity contribution >= 4 is 11.6 Å². The number of nitrogens with one attached hydrogen (secondary N) is 1. The normalized spacial score (nSPS) is 11.4. The number of nitrogens with zero attached hydrogens (tertiary/aromatic N) is 3. The van der Waals surface area contributed by atoms with Crippen LogP contribution in [0.2, 0.25) is 0 Å². The molecule has 3 aromatic rings. The Morgan fingerprint density at radius 3 is 2.40 bits per heavy atom. The summed E-state index contributed by atoms with van der Waals surface area (Å²) in [6.07, 6.45) is -2.36. The number of pyridine rings is 1. The minimum Gasteiger partial charge on any atom is -0.322 e. The Hall–Kier alpha value is -3.16. The molecule has 0 atom stereocenters. The molecular weight excluding hydrogens is 333 g/mol. The van der Waals surface area contributed by atoms with Crippen molar-refractivity contribution in [1.82, 2.24) is 14.8 Å². The molecule has 5 nitrogen and oxygen atoms in total. The van der Waals surface area contributed by atoms with Crippen LogP contribution in [-0.4, -0.2) is 20.7 Å². The van der Waals surface area contributed by atoms with Crippen molar-refractivity contribution in [2.24, 2.45) is 0 Å². The van der Waals surface area contributed by atoms with Crippen LogP contribution in [0.15, 0.2) is 54.9 Å². The number of hydrogen-bond acceptors (Lipinski definition) is 3. The highest BCUT2D eigenvalue weighted by Gasteiger charge is 2.30. The molecule has 0 saturated carbocycles. The van der Waals surface area contributed by atoms with Gasteiger partial charge in [0.05, 0.1) is 23.0 Å². The second-order valence-electron chi connectivity index (χ2n) is 5.28. The summed E-state index contributed by atoms with van der Waals surface area (Å²) < 4.78 is 39.1. The van der Waals surface area contributed by atoms with Crippen molar-refractivity contribution in [3.05, 3.63) is 71.7 Å². The summed E-state index contributed by atoms with van der Waals surface area (Å²) in [5.41, 5.74) is 0.571. The Bertz CT molecular complexity index is 887. The lowest BCUT2D eigenvalue weighted by atomic mass is 10.2. The van der Waals surface area contributed by atoms with Gasteiger partial charge in [0.1, 0.15) is 0 Å². The molecule has 0 radical (unpaired) electrons. The van der Waals surface area contributed by atoms with E-state index in [1.165, 1.54) is 16.9 Å². The van der Waals surface area contributed by atoms with E-state index in [-0.39, 0.29) is 11.7 Å².